The molecule has 1 heterocycles. The topological polar surface area (TPSA) is 68.4 Å². The van der Waals surface area contributed by atoms with Gasteiger partial charge in [-0.05, 0) is 58.0 Å². The molecule has 1 aliphatic rings. The van der Waals surface area contributed by atoms with E-state index in [2.05, 4.69) is 21.3 Å². The Bertz CT molecular complexity index is 913. The van der Waals surface area contributed by atoms with Crippen molar-refractivity contribution >= 4 is 16.9 Å². The van der Waals surface area contributed by atoms with Gasteiger partial charge in [-0.15, -0.1) is 0 Å². The number of nitrogens with one attached hydrogen (secondary N) is 2. The number of aromatic nitrogens is 1. The number of carbonyl (C=O) groups is 1. The van der Waals surface area contributed by atoms with Gasteiger partial charge in [-0.25, -0.2) is 4.79 Å². The van der Waals surface area contributed by atoms with E-state index in [-0.39, 0.29) is 17.6 Å². The summed E-state index contributed by atoms with van der Waals surface area (Å²) in [6.45, 7) is 5.68. The molecule has 2 amide bonds. The summed E-state index contributed by atoms with van der Waals surface area (Å²) >= 11 is 0. The summed E-state index contributed by atoms with van der Waals surface area (Å²) in [6.07, 6.45) is 5.68. The smallest absolute Gasteiger partial charge is 0.317 e. The molecule has 0 atom stereocenters. The van der Waals surface area contributed by atoms with Crippen LogP contribution in [0.2, 0.25) is 0 Å². The van der Waals surface area contributed by atoms with Gasteiger partial charge in [-0.3, -0.25) is 4.79 Å². The molecule has 3 rings (SSSR count). The Balaban J connectivity index is 1.84. The number of hydrogen-bond acceptors (Lipinski definition) is 3. The van der Waals surface area contributed by atoms with Crippen LogP contribution in [0.25, 0.3) is 10.9 Å². The van der Waals surface area contributed by atoms with Crippen LogP contribution in [-0.4, -0.2) is 54.0 Å². The highest BCUT2D eigenvalue weighted by atomic mass is 16.2. The molecule has 0 aliphatic heterocycles. The van der Waals surface area contributed by atoms with Crippen LogP contribution in [0.4, 0.5) is 4.79 Å². The molecule has 0 unspecified atom stereocenters. The first-order chi connectivity index (χ1) is 13.8. The minimum absolute atomic E-state index is 0.0702. The monoisotopic (exact) mass is 398 g/mol. The number of fused-ring (bicyclic) bond motifs is 1. The first-order valence-electron chi connectivity index (χ1n) is 10.7. The van der Waals surface area contributed by atoms with E-state index in [0.29, 0.717) is 18.7 Å². The third kappa shape index (κ3) is 5.38. The summed E-state index contributed by atoms with van der Waals surface area (Å²) in [5.41, 5.74) is 3.56. The fourth-order valence-electron chi connectivity index (χ4n) is 4.03. The third-order valence-electron chi connectivity index (χ3n) is 5.92. The van der Waals surface area contributed by atoms with E-state index in [1.54, 1.807) is 4.90 Å². The SMILES string of the molecule is Cc1ccc(C)c2[nH]c(=O)c(CN(CCN(C)C)C(=O)NC3CCCCC3)cc12. The number of nitrogens with zero attached hydrogens (tertiary/aromatic N) is 2. The number of aryl methyl sites for hydroxylation is 2. The van der Waals surface area contributed by atoms with Gasteiger partial charge < -0.3 is 20.1 Å². The van der Waals surface area contributed by atoms with Gasteiger partial charge in [0.2, 0.25) is 0 Å². The zero-order valence-corrected chi connectivity index (χ0v) is 18.2. The van der Waals surface area contributed by atoms with Crippen molar-refractivity contribution in [1.29, 1.82) is 0 Å². The second kappa shape index (κ2) is 9.44. The van der Waals surface area contributed by atoms with Crippen LogP contribution in [0.3, 0.4) is 0 Å². The van der Waals surface area contributed by atoms with E-state index >= 15 is 0 Å². The lowest BCUT2D eigenvalue weighted by Crippen LogP contribution is -2.47. The highest BCUT2D eigenvalue weighted by Gasteiger charge is 2.21. The van der Waals surface area contributed by atoms with Crippen LogP contribution < -0.4 is 10.9 Å². The van der Waals surface area contributed by atoms with Gasteiger partial charge in [0.1, 0.15) is 0 Å². The van der Waals surface area contributed by atoms with Crippen LogP contribution in [0.15, 0.2) is 23.0 Å². The zero-order valence-electron chi connectivity index (χ0n) is 18.2. The molecule has 2 aromatic rings. The number of urea groups is 1. The van der Waals surface area contributed by atoms with Crippen LogP contribution in [0.5, 0.6) is 0 Å². The van der Waals surface area contributed by atoms with E-state index < -0.39 is 0 Å². The molecular formula is C23H34N4O2. The molecule has 1 saturated carbocycles. The lowest BCUT2D eigenvalue weighted by molar-refractivity contribution is 0.181. The van der Waals surface area contributed by atoms with E-state index in [4.69, 9.17) is 0 Å². The number of likely N-dealkylation sites (N-methyl/N-ethyl adjacent to an activating group) is 1. The lowest BCUT2D eigenvalue weighted by Gasteiger charge is -2.29. The van der Waals surface area contributed by atoms with E-state index in [0.717, 1.165) is 41.4 Å². The molecule has 0 radical (unpaired) electrons. The largest absolute Gasteiger partial charge is 0.335 e. The highest BCUT2D eigenvalue weighted by Crippen LogP contribution is 2.21. The predicted molar refractivity (Wildman–Crippen MR) is 118 cm³/mol. The summed E-state index contributed by atoms with van der Waals surface area (Å²) in [5.74, 6) is 0. The number of benzene rings is 1. The number of H-pyrrole nitrogens is 1. The molecule has 6 heteroatoms. The Morgan fingerprint density at radius 3 is 2.48 bits per heavy atom. The zero-order chi connectivity index (χ0) is 21.0. The standard InChI is InChI=1S/C23H34N4O2/c1-16-10-11-17(2)21-20(16)14-18(22(28)25-21)15-27(13-12-26(3)4)23(29)24-19-8-6-5-7-9-19/h10-11,14,19H,5-9,12-13,15H2,1-4H3,(H,24,29)(H,25,28). The minimum atomic E-state index is -0.119. The van der Waals surface area contributed by atoms with Crippen molar-refractivity contribution in [3.63, 3.8) is 0 Å². The molecule has 2 N–H and O–H groups in total. The van der Waals surface area contributed by atoms with Gasteiger partial charge in [-0.1, -0.05) is 31.4 Å². The number of carbonyl (C=O) groups excluding carboxylic acids is 1. The fraction of sp³-hybridized carbons (Fsp3) is 0.565. The van der Waals surface area contributed by atoms with Crippen LogP contribution in [-0.2, 0) is 6.54 Å². The molecule has 6 nitrogen and oxygen atoms in total. The van der Waals surface area contributed by atoms with Crippen molar-refractivity contribution in [1.82, 2.24) is 20.1 Å². The predicted octanol–water partition coefficient (Wildman–Crippen LogP) is 3.55. The van der Waals surface area contributed by atoms with Crippen molar-refractivity contribution in [2.75, 3.05) is 27.2 Å². The molecule has 1 aliphatic carbocycles. The van der Waals surface area contributed by atoms with E-state index in [9.17, 15) is 9.59 Å². The van der Waals surface area contributed by atoms with Gasteiger partial charge in [0.15, 0.2) is 0 Å². The molecule has 158 valence electrons. The van der Waals surface area contributed by atoms with Crippen molar-refractivity contribution < 1.29 is 4.79 Å². The first-order valence-corrected chi connectivity index (χ1v) is 10.7. The number of hydrogen-bond donors (Lipinski definition) is 2. The lowest BCUT2D eigenvalue weighted by atomic mass is 9.96. The summed E-state index contributed by atoms with van der Waals surface area (Å²) in [6, 6.07) is 6.22. The highest BCUT2D eigenvalue weighted by molar-refractivity contribution is 5.85. The maximum Gasteiger partial charge on any atom is 0.317 e. The van der Waals surface area contributed by atoms with Crippen LogP contribution in [0, 0.1) is 13.8 Å². The van der Waals surface area contributed by atoms with Crippen molar-refractivity contribution in [3.8, 4) is 0 Å². The Kier molecular flexibility index (Phi) is 6.96. The molecule has 0 bridgehead atoms. The number of rotatable bonds is 6. The third-order valence-corrected chi connectivity index (χ3v) is 5.92. The maximum absolute atomic E-state index is 13.0. The average Bonchev–Trinajstić information content (AvgIpc) is 2.69. The van der Waals surface area contributed by atoms with Crippen molar-refractivity contribution in [2.45, 2.75) is 58.5 Å². The Labute approximate surface area is 173 Å². The van der Waals surface area contributed by atoms with Gasteiger partial charge in [-0.2, -0.15) is 0 Å². The first kappa shape index (κ1) is 21.4. The van der Waals surface area contributed by atoms with Crippen LogP contribution >= 0.6 is 0 Å². The molecule has 1 aromatic carbocycles. The van der Waals surface area contributed by atoms with Crippen molar-refractivity contribution in [3.05, 3.63) is 45.2 Å². The summed E-state index contributed by atoms with van der Waals surface area (Å²) < 4.78 is 0. The fourth-order valence-corrected chi connectivity index (χ4v) is 4.03. The normalized spacial score (nSPS) is 15.1. The molecule has 0 saturated heterocycles. The summed E-state index contributed by atoms with van der Waals surface area (Å²) in [7, 11) is 3.98. The van der Waals surface area contributed by atoms with E-state index in [1.807, 2.05) is 40.1 Å². The Morgan fingerprint density at radius 1 is 1.10 bits per heavy atom. The average molecular weight is 399 g/mol. The minimum Gasteiger partial charge on any atom is -0.335 e. The molecule has 29 heavy (non-hydrogen) atoms. The Hall–Kier alpha value is -2.34. The molecule has 0 spiro atoms. The Morgan fingerprint density at radius 2 is 1.79 bits per heavy atom. The van der Waals surface area contributed by atoms with Gasteiger partial charge in [0, 0.05) is 30.1 Å². The molecule has 1 aromatic heterocycles. The second-order valence-electron chi connectivity index (χ2n) is 8.62. The number of aromatic amines is 1. The number of amides is 2. The number of pyridine rings is 1. The summed E-state index contributed by atoms with van der Waals surface area (Å²) in [5, 5.41) is 4.24. The second-order valence-corrected chi connectivity index (χ2v) is 8.62. The van der Waals surface area contributed by atoms with Crippen molar-refractivity contribution in [2.24, 2.45) is 0 Å². The quantitative estimate of drug-likeness (QED) is 0.782. The van der Waals surface area contributed by atoms with E-state index in [1.165, 1.54) is 19.3 Å². The molecular weight excluding hydrogens is 364 g/mol. The van der Waals surface area contributed by atoms with Gasteiger partial charge >= 0.3 is 6.03 Å². The van der Waals surface area contributed by atoms with Crippen LogP contribution in [0.1, 0.15) is 48.8 Å². The molecule has 1 fully saturated rings. The van der Waals surface area contributed by atoms with Gasteiger partial charge in [0.25, 0.3) is 5.56 Å². The summed E-state index contributed by atoms with van der Waals surface area (Å²) in [4.78, 5) is 32.6. The maximum atomic E-state index is 13.0. The van der Waals surface area contributed by atoms with Gasteiger partial charge in [0.05, 0.1) is 12.1 Å².